The first-order chi connectivity index (χ1) is 17.9. The molecule has 0 aliphatic carbocycles. The van der Waals surface area contributed by atoms with Gasteiger partial charge in [0, 0.05) is 0 Å². The number of aliphatic carboxylic acids is 1. The topological polar surface area (TPSA) is 383 Å². The van der Waals surface area contributed by atoms with E-state index in [1.165, 1.54) is 4.72 Å². The van der Waals surface area contributed by atoms with Gasteiger partial charge in [-0.15, -0.1) is 0 Å². The molecule has 2 heterocycles. The van der Waals surface area contributed by atoms with Crippen molar-refractivity contribution in [2.24, 2.45) is 0 Å². The smallest absolute Gasteiger partial charge is 0.397 e. The molecule has 0 aromatic heterocycles. The number of rotatable bonds is 12. The van der Waals surface area contributed by atoms with Crippen LogP contribution in [-0.2, 0) is 73.1 Å². The molecule has 0 aromatic rings. The molecule has 2 saturated heterocycles. The van der Waals surface area contributed by atoms with Crippen LogP contribution in [0.2, 0.25) is 0 Å². The maximum absolute atomic E-state index is 11.7. The van der Waals surface area contributed by atoms with Crippen LogP contribution in [-0.4, -0.2) is 146 Å². The van der Waals surface area contributed by atoms with Gasteiger partial charge in [0.1, 0.15) is 36.6 Å². The second-order valence-electron chi connectivity index (χ2n) is 7.72. The van der Waals surface area contributed by atoms with Crippen LogP contribution in [0.1, 0.15) is 0 Å². The maximum Gasteiger partial charge on any atom is 0.397 e. The summed E-state index contributed by atoms with van der Waals surface area (Å²) in [7, 11) is -21.9. The molecule has 0 aromatic carbocycles. The Morgan fingerprint density at radius 2 is 1.27 bits per heavy atom. The van der Waals surface area contributed by atoms with E-state index in [1.807, 2.05) is 0 Å². The van der Waals surface area contributed by atoms with Crippen LogP contribution in [0.3, 0.4) is 0 Å². The highest BCUT2D eigenvalue weighted by atomic mass is 32.3. The van der Waals surface area contributed by atoms with Gasteiger partial charge < -0.3 is 34.6 Å². The van der Waals surface area contributed by atoms with Crippen LogP contribution in [0.4, 0.5) is 0 Å². The number of ether oxygens (including phenoxy) is 3. The molecule has 24 nitrogen and oxygen atoms in total. The molecule has 2 aliphatic rings. The van der Waals surface area contributed by atoms with Gasteiger partial charge in [-0.1, -0.05) is 0 Å². The van der Waals surface area contributed by atoms with Crippen molar-refractivity contribution in [2.45, 2.75) is 61.3 Å². The molecule has 236 valence electrons. The molecule has 0 radical (unpaired) electrons. The van der Waals surface area contributed by atoms with Crippen molar-refractivity contribution in [1.82, 2.24) is 4.72 Å². The highest BCUT2D eigenvalue weighted by Gasteiger charge is 2.56. The number of nitrogens with one attached hydrogen (secondary N) is 1. The van der Waals surface area contributed by atoms with Gasteiger partial charge in [-0.25, -0.2) is 17.3 Å². The Hall–Kier alpha value is -1.29. The largest absolute Gasteiger partial charge is 0.479 e. The second-order valence-corrected chi connectivity index (χ2v) is 12.1. The number of carboxylic acids is 1. The number of hydrogen-bond acceptors (Lipinski definition) is 18. The van der Waals surface area contributed by atoms with Crippen molar-refractivity contribution in [3.8, 4) is 0 Å². The normalized spacial score (nSPS) is 36.3. The third-order valence-electron chi connectivity index (χ3n) is 4.88. The molecule has 0 saturated carbocycles. The number of aliphatic hydroxyl groups excluding tert-OH is 3. The van der Waals surface area contributed by atoms with E-state index >= 15 is 0 Å². The van der Waals surface area contributed by atoms with Crippen LogP contribution in [0.25, 0.3) is 0 Å². The molecule has 2 rings (SSSR count). The number of carbonyl (C=O) groups is 1. The summed E-state index contributed by atoms with van der Waals surface area (Å²) in [4.78, 5) is 11.7. The standard InChI is InChI=1S/C12H21NO23S4/c14-4-2(1-31-38(22,23)24)32-12(3(13-37(19,20)21)6(4)35-39(25,26)27)34-7-5(15)8(36-40(28,29)30)11(18)33-9(7)10(16)17/h2-9,11-15,18H,1H2,(H,16,17)(H,19,20,21)(H,22,23,24)(H,25,26,27)(H,28,29,30)/t2-,3-,4-,5+,6-,7+,8-,9-,11?,12-/m1/s1. The van der Waals surface area contributed by atoms with Gasteiger partial charge in [0.05, 0.1) is 6.61 Å². The molecular weight excluding hydrogens is 654 g/mol. The zero-order valence-corrected chi connectivity index (χ0v) is 22.1. The van der Waals surface area contributed by atoms with E-state index < -0.39 is 115 Å². The van der Waals surface area contributed by atoms with E-state index in [1.54, 1.807) is 0 Å². The Morgan fingerprint density at radius 3 is 1.73 bits per heavy atom. The average Bonchev–Trinajstić information content (AvgIpc) is 2.73. The molecular formula is C12H21NO23S4. The fourth-order valence-corrected chi connectivity index (χ4v) is 5.37. The van der Waals surface area contributed by atoms with Crippen LogP contribution in [0.15, 0.2) is 0 Å². The number of hydrogen-bond donors (Lipinski definition) is 9. The molecule has 40 heavy (non-hydrogen) atoms. The van der Waals surface area contributed by atoms with Gasteiger partial charge in [-0.2, -0.15) is 38.4 Å². The lowest BCUT2D eigenvalue weighted by molar-refractivity contribution is -0.330. The first-order valence-corrected chi connectivity index (χ1v) is 15.3. The number of carboxylic acid groups (broad SMARTS) is 1. The first-order valence-electron chi connectivity index (χ1n) is 9.80. The van der Waals surface area contributed by atoms with Gasteiger partial charge in [0.25, 0.3) is 0 Å². The monoisotopic (exact) mass is 675 g/mol. The highest BCUT2D eigenvalue weighted by molar-refractivity contribution is 7.83. The predicted molar refractivity (Wildman–Crippen MR) is 113 cm³/mol. The Labute approximate surface area is 224 Å². The summed E-state index contributed by atoms with van der Waals surface area (Å²) in [6.07, 6.45) is -22.9. The van der Waals surface area contributed by atoms with Gasteiger partial charge in [0.2, 0.25) is 0 Å². The fourth-order valence-electron chi connectivity index (χ4n) is 3.47. The molecule has 0 bridgehead atoms. The maximum atomic E-state index is 11.7. The van der Waals surface area contributed by atoms with Crippen LogP contribution in [0, 0.1) is 0 Å². The van der Waals surface area contributed by atoms with Crippen LogP contribution < -0.4 is 4.72 Å². The quantitative estimate of drug-likeness (QED) is 0.0868. The van der Waals surface area contributed by atoms with E-state index in [2.05, 4.69) is 17.3 Å². The predicted octanol–water partition coefficient (Wildman–Crippen LogP) is -6.42. The summed E-state index contributed by atoms with van der Waals surface area (Å²) in [5.74, 6) is -2.07. The summed E-state index contributed by atoms with van der Waals surface area (Å²) < 4.78 is 154. The van der Waals surface area contributed by atoms with E-state index in [0.29, 0.717) is 0 Å². The van der Waals surface area contributed by atoms with E-state index in [9.17, 15) is 63.4 Å². The van der Waals surface area contributed by atoms with Crippen LogP contribution in [0.5, 0.6) is 0 Å². The summed E-state index contributed by atoms with van der Waals surface area (Å²) >= 11 is 0. The second kappa shape index (κ2) is 12.5. The van der Waals surface area contributed by atoms with E-state index in [0.717, 1.165) is 0 Å². The Bertz CT molecular complexity index is 1340. The zero-order valence-electron chi connectivity index (χ0n) is 18.8. The summed E-state index contributed by atoms with van der Waals surface area (Å²) in [5.41, 5.74) is 0. The highest BCUT2D eigenvalue weighted by Crippen LogP contribution is 2.32. The molecule has 9 N–H and O–H groups in total. The lowest BCUT2D eigenvalue weighted by atomic mass is 9.96. The molecule has 2 aliphatic heterocycles. The van der Waals surface area contributed by atoms with Crippen molar-refractivity contribution >= 4 is 47.5 Å². The Morgan fingerprint density at radius 1 is 0.750 bits per heavy atom. The minimum Gasteiger partial charge on any atom is -0.479 e. The van der Waals surface area contributed by atoms with Gasteiger partial charge in [-0.3, -0.25) is 18.2 Å². The molecule has 1 unspecified atom stereocenters. The van der Waals surface area contributed by atoms with Gasteiger partial charge in [-0.05, 0) is 0 Å². The fraction of sp³-hybridized carbons (Fsp3) is 0.917. The summed E-state index contributed by atoms with van der Waals surface area (Å²) in [6, 6.07) is -2.57. The van der Waals surface area contributed by atoms with Crippen molar-refractivity contribution in [1.29, 1.82) is 0 Å². The first kappa shape index (κ1) is 34.9. The number of aliphatic hydroxyl groups is 3. The summed E-state index contributed by atoms with van der Waals surface area (Å²) in [5, 5.41) is 40.1. The van der Waals surface area contributed by atoms with Crippen LogP contribution >= 0.6 is 0 Å². The molecule has 10 atom stereocenters. The van der Waals surface area contributed by atoms with Gasteiger partial charge in [0.15, 0.2) is 24.8 Å². The van der Waals surface area contributed by atoms with Crippen molar-refractivity contribution in [3.63, 3.8) is 0 Å². The lowest BCUT2D eigenvalue weighted by Crippen LogP contribution is -2.68. The average molecular weight is 676 g/mol. The minimum atomic E-state index is -5.65. The Balaban J connectivity index is 2.59. The van der Waals surface area contributed by atoms with Crippen molar-refractivity contribution in [3.05, 3.63) is 0 Å². The Kier molecular flexibility index (Phi) is 10.9. The molecule has 28 heteroatoms. The molecule has 0 amide bonds. The van der Waals surface area contributed by atoms with Crippen molar-refractivity contribution in [2.75, 3.05) is 6.61 Å². The van der Waals surface area contributed by atoms with E-state index in [-0.39, 0.29) is 0 Å². The van der Waals surface area contributed by atoms with Gasteiger partial charge >= 0.3 is 47.5 Å². The SMILES string of the molecule is O=C(O)[C@@H]1OC(O)[C@H](OS(=O)(=O)O)[C@@H](O)[C@@H]1O[C@H]1O[C@H](COS(=O)(=O)O)[C@@H](O)[C@H](OS(=O)(=O)O)[C@H]1NS(=O)(=O)O. The molecule has 0 spiro atoms. The third-order valence-corrected chi connectivity index (χ3v) is 6.81. The third kappa shape index (κ3) is 10.2. The zero-order chi connectivity index (χ0) is 31.0. The lowest BCUT2D eigenvalue weighted by Gasteiger charge is -2.46. The minimum absolute atomic E-state index is 1.23. The van der Waals surface area contributed by atoms with E-state index in [4.69, 9.17) is 23.1 Å². The summed E-state index contributed by atoms with van der Waals surface area (Å²) in [6.45, 7) is -1.44. The van der Waals surface area contributed by atoms with Crippen molar-refractivity contribution < 1.29 is 104 Å². The molecule has 2 fully saturated rings.